The number of anilines is 1. The molecule has 43 heavy (non-hydrogen) atoms. The number of nitrogens with two attached hydrogens (primary N) is 1. The number of aromatic nitrogens is 3. The van der Waals surface area contributed by atoms with Gasteiger partial charge in [-0.05, 0) is 54.6 Å². The van der Waals surface area contributed by atoms with Crippen molar-refractivity contribution in [2.45, 2.75) is 31.3 Å². The van der Waals surface area contributed by atoms with Gasteiger partial charge in [0.05, 0.1) is 23.0 Å². The second-order valence-corrected chi connectivity index (χ2v) is 11.4. The van der Waals surface area contributed by atoms with E-state index in [0.29, 0.717) is 27.8 Å². The van der Waals surface area contributed by atoms with Crippen LogP contribution in [-0.4, -0.2) is 42.4 Å². The topological polar surface area (TPSA) is 160 Å². The summed E-state index contributed by atoms with van der Waals surface area (Å²) in [6.45, 7) is -0.790. The fourth-order valence-electron chi connectivity index (χ4n) is 4.64. The third-order valence-electron chi connectivity index (χ3n) is 6.60. The SMILES string of the molecule is C/C(N)=C(/C=N/C(F)F)c1ncc(-c2cc3c([C@@H](CF)Nc4cccc(F)c4S([NH3+])(=O)=O)cc(C)cc3c(=O)n2C)cn1. The van der Waals surface area contributed by atoms with E-state index in [1.54, 1.807) is 25.1 Å². The van der Waals surface area contributed by atoms with Crippen LogP contribution in [0.4, 0.5) is 23.2 Å². The van der Waals surface area contributed by atoms with Crippen LogP contribution in [-0.2, 0) is 17.1 Å². The van der Waals surface area contributed by atoms with Gasteiger partial charge in [-0.25, -0.2) is 28.9 Å². The number of pyridine rings is 1. The summed E-state index contributed by atoms with van der Waals surface area (Å²) in [7, 11) is -2.73. The molecule has 0 radical (unpaired) electrons. The van der Waals surface area contributed by atoms with Crippen molar-refractivity contribution in [3.63, 3.8) is 0 Å². The van der Waals surface area contributed by atoms with E-state index in [1.165, 1.54) is 43.1 Å². The molecule has 1 atom stereocenters. The quantitative estimate of drug-likeness (QED) is 0.147. The van der Waals surface area contributed by atoms with E-state index in [4.69, 9.17) is 5.73 Å². The number of aryl methyl sites for hydroxylation is 1. The number of rotatable bonds is 9. The number of nitrogens with zero attached hydrogens (tertiary/aromatic N) is 4. The Labute approximate surface area is 243 Å². The second kappa shape index (κ2) is 12.3. The van der Waals surface area contributed by atoms with Crippen molar-refractivity contribution in [2.24, 2.45) is 17.8 Å². The number of hydrogen-bond donors (Lipinski definition) is 3. The number of allylic oxidation sites excluding steroid dienone is 2. The summed E-state index contributed by atoms with van der Waals surface area (Å²) in [4.78, 5) is 24.3. The predicted molar refractivity (Wildman–Crippen MR) is 155 cm³/mol. The Bertz CT molecular complexity index is 1920. The summed E-state index contributed by atoms with van der Waals surface area (Å²) >= 11 is 0. The van der Waals surface area contributed by atoms with Gasteiger partial charge in [0.25, 0.3) is 5.56 Å². The molecule has 6 N–H and O–H groups in total. The molecule has 0 spiro atoms. The molecule has 2 aromatic heterocycles. The van der Waals surface area contributed by atoms with Crippen molar-refractivity contribution in [1.82, 2.24) is 14.5 Å². The lowest BCUT2D eigenvalue weighted by Crippen LogP contribution is -2.56. The molecule has 0 aliphatic carbocycles. The van der Waals surface area contributed by atoms with Gasteiger partial charge in [0.2, 0.25) is 0 Å². The fourth-order valence-corrected chi connectivity index (χ4v) is 5.47. The highest BCUT2D eigenvalue weighted by Crippen LogP contribution is 2.33. The number of benzene rings is 2. The summed E-state index contributed by atoms with van der Waals surface area (Å²) in [5, 5.41) is 6.42. The molecule has 0 aliphatic heterocycles. The first-order valence-corrected chi connectivity index (χ1v) is 14.3. The highest BCUT2D eigenvalue weighted by atomic mass is 32.2. The van der Waals surface area contributed by atoms with E-state index < -0.39 is 45.6 Å². The Balaban J connectivity index is 1.86. The number of halogens is 4. The Morgan fingerprint density at radius 3 is 2.44 bits per heavy atom. The Morgan fingerprint density at radius 2 is 1.86 bits per heavy atom. The maximum absolute atomic E-state index is 14.6. The largest absolute Gasteiger partial charge is 0.402 e. The van der Waals surface area contributed by atoms with Crippen molar-refractivity contribution < 1.29 is 31.1 Å². The molecule has 2 aromatic carbocycles. The highest BCUT2D eigenvalue weighted by molar-refractivity contribution is 7.84. The summed E-state index contributed by atoms with van der Waals surface area (Å²) in [6, 6.07) is 7.25. The Morgan fingerprint density at radius 1 is 1.19 bits per heavy atom. The van der Waals surface area contributed by atoms with Crippen LogP contribution >= 0.6 is 0 Å². The maximum Gasteiger partial charge on any atom is 0.331 e. The molecule has 10 nitrogen and oxygen atoms in total. The minimum absolute atomic E-state index is 0.0308. The van der Waals surface area contributed by atoms with Gasteiger partial charge in [0.1, 0.15) is 12.5 Å². The van der Waals surface area contributed by atoms with Crippen LogP contribution in [0.2, 0.25) is 0 Å². The summed E-state index contributed by atoms with van der Waals surface area (Å²) < 4.78 is 80.1. The van der Waals surface area contributed by atoms with Crippen LogP contribution < -0.4 is 21.7 Å². The first-order valence-electron chi connectivity index (χ1n) is 12.7. The summed E-state index contributed by atoms with van der Waals surface area (Å²) in [6.07, 6.45) is 3.63. The van der Waals surface area contributed by atoms with Crippen molar-refractivity contribution in [1.29, 1.82) is 0 Å². The molecule has 0 saturated heterocycles. The number of hydrogen-bond acceptors (Lipinski definition) is 8. The average Bonchev–Trinajstić information content (AvgIpc) is 2.93. The molecule has 0 amide bonds. The number of aliphatic imine (C=N–C) groups is 1. The molecule has 0 bridgehead atoms. The van der Waals surface area contributed by atoms with E-state index in [-0.39, 0.29) is 28.2 Å². The normalized spacial score (nSPS) is 13.5. The van der Waals surface area contributed by atoms with Crippen LogP contribution in [0.5, 0.6) is 0 Å². The van der Waals surface area contributed by atoms with Gasteiger partial charge in [-0.2, -0.15) is 17.2 Å². The lowest BCUT2D eigenvalue weighted by Gasteiger charge is -2.22. The van der Waals surface area contributed by atoms with Gasteiger partial charge in [-0.1, -0.05) is 12.1 Å². The zero-order chi connectivity index (χ0) is 31.6. The smallest absolute Gasteiger partial charge is 0.331 e. The van der Waals surface area contributed by atoms with Crippen molar-refractivity contribution in [3.8, 4) is 11.3 Å². The molecular formula is C28H28F4N7O3S+. The fraction of sp³-hybridized carbons (Fsp3) is 0.214. The zero-order valence-corrected chi connectivity index (χ0v) is 24.1. The number of quaternary nitrogens is 1. The zero-order valence-electron chi connectivity index (χ0n) is 23.3. The van der Waals surface area contributed by atoms with Crippen LogP contribution in [0.3, 0.4) is 0 Å². The highest BCUT2D eigenvalue weighted by Gasteiger charge is 2.26. The molecule has 226 valence electrons. The lowest BCUT2D eigenvalue weighted by atomic mass is 9.96. The monoisotopic (exact) mass is 618 g/mol. The van der Waals surface area contributed by atoms with Gasteiger partial charge in [-0.15, -0.1) is 0 Å². The van der Waals surface area contributed by atoms with Crippen LogP contribution in [0, 0.1) is 12.7 Å². The third-order valence-corrected chi connectivity index (χ3v) is 7.64. The predicted octanol–water partition coefficient (Wildman–Crippen LogP) is 3.48. The molecular weight excluding hydrogens is 590 g/mol. The number of fused-ring (bicyclic) bond motifs is 1. The van der Waals surface area contributed by atoms with Gasteiger partial charge in [-0.3, -0.25) is 4.79 Å². The minimum Gasteiger partial charge on any atom is -0.402 e. The molecule has 0 aliphatic rings. The third kappa shape index (κ3) is 6.57. The van der Waals surface area contributed by atoms with E-state index in [1.807, 2.05) is 0 Å². The van der Waals surface area contributed by atoms with Crippen molar-refractivity contribution in [2.75, 3.05) is 12.0 Å². The summed E-state index contributed by atoms with van der Waals surface area (Å²) in [5.41, 5.74) is 7.11. The molecule has 4 rings (SSSR count). The van der Waals surface area contributed by atoms with Gasteiger partial charge in [0, 0.05) is 42.3 Å². The molecule has 0 unspecified atom stereocenters. The van der Waals surface area contributed by atoms with Crippen molar-refractivity contribution >= 4 is 38.3 Å². The van der Waals surface area contributed by atoms with Crippen LogP contribution in [0.1, 0.15) is 29.9 Å². The van der Waals surface area contributed by atoms with E-state index in [2.05, 4.69) is 25.4 Å². The van der Waals surface area contributed by atoms with Gasteiger partial charge < -0.3 is 15.6 Å². The standard InChI is InChI=1S/C28H27F4N7O3S/c1-14-7-18(23(10-29)38-22-6-4-5-21(30)25(22)43(34,41)42)17-9-24(39(3)27(40)19(17)8-14)16-11-35-26(36-12-16)20(15(2)33)13-37-28(31)32/h4-9,11-13,23,28,38H,10,33H2,1-3H3,(H2,34,41,42)/p+1/b20-15+,37-13+/t23-/m1/s1. The Hall–Kier alpha value is -4.63. The maximum atomic E-state index is 14.6. The number of nitrogens with one attached hydrogen (secondary N) is 1. The molecule has 0 saturated carbocycles. The van der Waals surface area contributed by atoms with Crippen molar-refractivity contribution in [3.05, 3.63) is 87.6 Å². The van der Waals surface area contributed by atoms with E-state index >= 15 is 0 Å². The van der Waals surface area contributed by atoms with Crippen LogP contribution in [0.25, 0.3) is 27.6 Å². The molecule has 4 aromatic rings. The molecule has 2 heterocycles. The van der Waals surface area contributed by atoms with Crippen LogP contribution in [0.15, 0.2) is 69.2 Å². The van der Waals surface area contributed by atoms with E-state index in [9.17, 15) is 30.8 Å². The molecule has 0 fully saturated rings. The summed E-state index contributed by atoms with van der Waals surface area (Å²) in [5.74, 6) is -1.02. The molecule has 15 heteroatoms. The van der Waals surface area contributed by atoms with Gasteiger partial charge >= 0.3 is 16.6 Å². The number of sulfonamides is 1. The Kier molecular flexibility index (Phi) is 8.96. The van der Waals surface area contributed by atoms with Gasteiger partial charge in [0.15, 0.2) is 10.7 Å². The number of alkyl halides is 3. The van der Waals surface area contributed by atoms with E-state index in [0.717, 1.165) is 12.3 Å². The second-order valence-electron chi connectivity index (χ2n) is 9.74. The minimum atomic E-state index is -4.26. The first-order chi connectivity index (χ1) is 20.2. The lowest BCUT2D eigenvalue weighted by molar-refractivity contribution is -0.165. The first kappa shape index (κ1) is 31.3. The average molecular weight is 619 g/mol.